The number of fused-ring (bicyclic) bond motifs is 1. The van der Waals surface area contributed by atoms with Crippen LogP contribution >= 0.6 is 0 Å². The third-order valence-corrected chi connectivity index (χ3v) is 4.12. The standard InChI is InChI=1S/C16H19N7/c1-22-7-9-23(10-8-22)16-19-14(13-11-17-21-15(13)20-16)18-12-5-3-2-4-6-12/h2-6,11H,7-10H2,1H3,(H2,17,18,19,20,21). The Labute approximate surface area is 134 Å². The minimum atomic E-state index is 0.744. The largest absolute Gasteiger partial charge is 0.339 e. The Kier molecular flexibility index (Phi) is 3.55. The first-order valence-electron chi connectivity index (χ1n) is 7.76. The minimum absolute atomic E-state index is 0.744. The van der Waals surface area contributed by atoms with Gasteiger partial charge in [0.05, 0.1) is 11.6 Å². The molecule has 1 aromatic carbocycles. The van der Waals surface area contributed by atoms with Crippen molar-refractivity contribution in [3.63, 3.8) is 0 Å². The highest BCUT2D eigenvalue weighted by Crippen LogP contribution is 2.25. The fourth-order valence-electron chi connectivity index (χ4n) is 2.72. The van der Waals surface area contributed by atoms with Crippen molar-refractivity contribution in [1.82, 2.24) is 25.1 Å². The Hall–Kier alpha value is -2.67. The molecule has 0 atom stereocenters. The van der Waals surface area contributed by atoms with Crippen LogP contribution in [-0.2, 0) is 0 Å². The predicted octanol–water partition coefficient (Wildman–Crippen LogP) is 1.85. The maximum atomic E-state index is 4.74. The third kappa shape index (κ3) is 2.83. The minimum Gasteiger partial charge on any atom is -0.339 e. The van der Waals surface area contributed by atoms with Gasteiger partial charge in [-0.3, -0.25) is 5.10 Å². The van der Waals surface area contributed by atoms with E-state index in [-0.39, 0.29) is 0 Å². The summed E-state index contributed by atoms with van der Waals surface area (Å²) in [6.07, 6.45) is 1.76. The van der Waals surface area contributed by atoms with Gasteiger partial charge >= 0.3 is 0 Å². The summed E-state index contributed by atoms with van der Waals surface area (Å²) in [6.45, 7) is 3.90. The first-order valence-corrected chi connectivity index (χ1v) is 7.76. The number of nitrogens with one attached hydrogen (secondary N) is 2. The number of H-pyrrole nitrogens is 1. The molecule has 7 heteroatoms. The Balaban J connectivity index is 1.70. The molecule has 1 saturated heterocycles. The van der Waals surface area contributed by atoms with Gasteiger partial charge in [0.2, 0.25) is 5.95 Å². The van der Waals surface area contributed by atoms with Gasteiger partial charge in [-0.15, -0.1) is 0 Å². The third-order valence-electron chi connectivity index (χ3n) is 4.12. The number of aromatic nitrogens is 4. The highest BCUT2D eigenvalue weighted by Gasteiger charge is 2.19. The highest BCUT2D eigenvalue weighted by molar-refractivity contribution is 5.89. The van der Waals surface area contributed by atoms with Crippen molar-refractivity contribution < 1.29 is 0 Å². The molecule has 2 N–H and O–H groups in total. The zero-order valence-electron chi connectivity index (χ0n) is 13.0. The molecule has 1 aliphatic rings. The molecule has 118 valence electrons. The summed E-state index contributed by atoms with van der Waals surface area (Å²) in [4.78, 5) is 13.9. The SMILES string of the molecule is CN1CCN(c2nc(Nc3ccccc3)c3cn[nH]c3n2)CC1. The number of hydrogen-bond donors (Lipinski definition) is 2. The molecule has 1 fully saturated rings. The molecule has 1 aliphatic heterocycles. The van der Waals surface area contributed by atoms with Gasteiger partial charge in [0.25, 0.3) is 0 Å². The van der Waals surface area contributed by atoms with Crippen LogP contribution < -0.4 is 10.2 Å². The number of aromatic amines is 1. The van der Waals surface area contributed by atoms with Crippen LogP contribution in [0.3, 0.4) is 0 Å². The second-order valence-electron chi connectivity index (χ2n) is 5.79. The van der Waals surface area contributed by atoms with Crippen LogP contribution in [0.4, 0.5) is 17.5 Å². The number of rotatable bonds is 3. The molecule has 0 radical (unpaired) electrons. The molecule has 0 unspecified atom stereocenters. The Morgan fingerprint density at radius 1 is 1.04 bits per heavy atom. The summed E-state index contributed by atoms with van der Waals surface area (Å²) < 4.78 is 0. The van der Waals surface area contributed by atoms with Gasteiger partial charge in [0.15, 0.2) is 5.65 Å². The molecule has 2 aromatic heterocycles. The van der Waals surface area contributed by atoms with E-state index in [1.54, 1.807) is 6.20 Å². The van der Waals surface area contributed by atoms with Gasteiger partial charge in [-0.2, -0.15) is 15.1 Å². The van der Waals surface area contributed by atoms with E-state index < -0.39 is 0 Å². The van der Waals surface area contributed by atoms with Gasteiger partial charge in [0.1, 0.15) is 5.82 Å². The van der Waals surface area contributed by atoms with Crippen LogP contribution in [0.2, 0.25) is 0 Å². The lowest BCUT2D eigenvalue weighted by Gasteiger charge is -2.32. The van der Waals surface area contributed by atoms with Crippen LogP contribution in [0.25, 0.3) is 11.0 Å². The van der Waals surface area contributed by atoms with Gasteiger partial charge in [-0.05, 0) is 19.2 Å². The maximum Gasteiger partial charge on any atom is 0.229 e. The van der Waals surface area contributed by atoms with E-state index in [1.807, 2.05) is 30.3 Å². The van der Waals surface area contributed by atoms with Crippen molar-refractivity contribution in [1.29, 1.82) is 0 Å². The molecule has 3 heterocycles. The second kappa shape index (κ2) is 5.85. The van der Waals surface area contributed by atoms with Crippen molar-refractivity contribution in [2.75, 3.05) is 43.4 Å². The zero-order chi connectivity index (χ0) is 15.6. The van der Waals surface area contributed by atoms with Crippen LogP contribution in [0, 0.1) is 0 Å². The number of anilines is 3. The smallest absolute Gasteiger partial charge is 0.229 e. The number of hydrogen-bond acceptors (Lipinski definition) is 6. The fraction of sp³-hybridized carbons (Fsp3) is 0.312. The summed E-state index contributed by atoms with van der Waals surface area (Å²) in [5.74, 6) is 1.53. The lowest BCUT2D eigenvalue weighted by Crippen LogP contribution is -2.45. The Morgan fingerprint density at radius 2 is 1.83 bits per heavy atom. The molecule has 0 amide bonds. The topological polar surface area (TPSA) is 73.0 Å². The van der Waals surface area contributed by atoms with E-state index in [9.17, 15) is 0 Å². The molecular formula is C16H19N7. The van der Waals surface area contributed by atoms with Gasteiger partial charge in [0, 0.05) is 31.9 Å². The lowest BCUT2D eigenvalue weighted by atomic mass is 10.3. The number of likely N-dealkylation sites (N-methyl/N-ethyl adjacent to an activating group) is 1. The summed E-state index contributed by atoms with van der Waals surface area (Å²) in [6, 6.07) is 10.0. The molecule has 3 aromatic rings. The van der Waals surface area contributed by atoms with E-state index >= 15 is 0 Å². The molecule has 7 nitrogen and oxygen atoms in total. The van der Waals surface area contributed by atoms with Crippen LogP contribution in [0.5, 0.6) is 0 Å². The summed E-state index contributed by atoms with van der Waals surface area (Å²) in [5.41, 5.74) is 1.75. The van der Waals surface area contributed by atoms with E-state index in [0.717, 1.165) is 54.7 Å². The molecule has 0 spiro atoms. The summed E-state index contributed by atoms with van der Waals surface area (Å²) in [7, 11) is 2.14. The first-order chi connectivity index (χ1) is 11.3. The van der Waals surface area contributed by atoms with Crippen LogP contribution in [-0.4, -0.2) is 58.3 Å². The first kappa shape index (κ1) is 14.0. The average Bonchev–Trinajstić information content (AvgIpc) is 3.05. The molecule has 0 saturated carbocycles. The van der Waals surface area contributed by atoms with E-state index in [0.29, 0.717) is 0 Å². The molecular weight excluding hydrogens is 290 g/mol. The normalized spacial score (nSPS) is 16.0. The molecule has 4 rings (SSSR count). The quantitative estimate of drug-likeness (QED) is 0.769. The highest BCUT2D eigenvalue weighted by atomic mass is 15.3. The van der Waals surface area contributed by atoms with Gasteiger partial charge in [-0.1, -0.05) is 18.2 Å². The van der Waals surface area contributed by atoms with E-state index in [4.69, 9.17) is 4.98 Å². The number of piperazine rings is 1. The van der Waals surface area contributed by atoms with Crippen molar-refractivity contribution in [3.05, 3.63) is 36.5 Å². The summed E-state index contributed by atoms with van der Waals surface area (Å²) in [5, 5.41) is 11.3. The number of para-hydroxylation sites is 1. The van der Waals surface area contributed by atoms with Crippen molar-refractivity contribution in [2.45, 2.75) is 0 Å². The van der Waals surface area contributed by atoms with E-state index in [1.165, 1.54) is 0 Å². The Bertz CT molecular complexity index is 791. The summed E-state index contributed by atoms with van der Waals surface area (Å²) >= 11 is 0. The zero-order valence-corrected chi connectivity index (χ0v) is 13.0. The number of nitrogens with zero attached hydrogens (tertiary/aromatic N) is 5. The van der Waals surface area contributed by atoms with Gasteiger partial charge in [-0.25, -0.2) is 0 Å². The second-order valence-corrected chi connectivity index (χ2v) is 5.79. The van der Waals surface area contributed by atoms with E-state index in [2.05, 4.69) is 37.3 Å². The molecule has 23 heavy (non-hydrogen) atoms. The monoisotopic (exact) mass is 309 g/mol. The number of benzene rings is 1. The van der Waals surface area contributed by atoms with Crippen LogP contribution in [0.15, 0.2) is 36.5 Å². The Morgan fingerprint density at radius 3 is 2.61 bits per heavy atom. The van der Waals surface area contributed by atoms with Crippen molar-refractivity contribution >= 4 is 28.5 Å². The van der Waals surface area contributed by atoms with Crippen molar-refractivity contribution in [2.24, 2.45) is 0 Å². The van der Waals surface area contributed by atoms with Crippen molar-refractivity contribution in [3.8, 4) is 0 Å². The molecule has 0 aliphatic carbocycles. The predicted molar refractivity (Wildman–Crippen MR) is 91.1 cm³/mol. The van der Waals surface area contributed by atoms with Crippen LogP contribution in [0.1, 0.15) is 0 Å². The maximum absolute atomic E-state index is 4.74. The molecule has 0 bridgehead atoms. The van der Waals surface area contributed by atoms with Gasteiger partial charge < -0.3 is 15.1 Å². The average molecular weight is 309 g/mol. The fourth-order valence-corrected chi connectivity index (χ4v) is 2.72. The lowest BCUT2D eigenvalue weighted by molar-refractivity contribution is 0.311.